The zero-order valence-electron chi connectivity index (χ0n) is 18.7. The van der Waals surface area contributed by atoms with E-state index in [1.165, 1.54) is 16.7 Å². The summed E-state index contributed by atoms with van der Waals surface area (Å²) in [4.78, 5) is 0. The zero-order valence-corrected chi connectivity index (χ0v) is 22.8. The summed E-state index contributed by atoms with van der Waals surface area (Å²) in [6.45, 7) is 14.3. The van der Waals surface area contributed by atoms with Crippen molar-refractivity contribution >= 4 is 33.6 Å². The number of rotatable bonds is 3. The van der Waals surface area contributed by atoms with E-state index >= 15 is 0 Å². The Morgan fingerprint density at radius 1 is 0.800 bits per heavy atom. The molecule has 0 aromatic heterocycles. The summed E-state index contributed by atoms with van der Waals surface area (Å²) < 4.78 is 4.13. The number of hydrogen-bond donors (Lipinski definition) is 0. The first-order valence-corrected chi connectivity index (χ1v) is 14.2. The quantitative estimate of drug-likeness (QED) is 0.385. The summed E-state index contributed by atoms with van der Waals surface area (Å²) >= 11 is -2.06. The van der Waals surface area contributed by atoms with Gasteiger partial charge in [0.1, 0.15) is 0 Å². The van der Waals surface area contributed by atoms with E-state index in [1.54, 1.807) is 25.5 Å². The van der Waals surface area contributed by atoms with Crippen LogP contribution in [0.15, 0.2) is 80.7 Å². The van der Waals surface area contributed by atoms with Gasteiger partial charge in [0.05, 0.1) is 0 Å². The smallest absolute Gasteiger partial charge is 0.147 e. The first kappa shape index (κ1) is 25.3. The van der Waals surface area contributed by atoms with Crippen molar-refractivity contribution in [1.82, 2.24) is 0 Å². The van der Waals surface area contributed by atoms with Crippen molar-refractivity contribution in [1.29, 1.82) is 0 Å². The minimum atomic E-state index is -2.06. The molecule has 30 heavy (non-hydrogen) atoms. The molecule has 0 radical (unpaired) electrons. The Labute approximate surface area is 202 Å². The predicted molar refractivity (Wildman–Crippen MR) is 134 cm³/mol. The molecular weight excluding hydrogens is 486 g/mol. The van der Waals surface area contributed by atoms with Gasteiger partial charge in [-0.2, -0.15) is 0 Å². The molecule has 0 N–H and O–H groups in total. The summed E-state index contributed by atoms with van der Waals surface area (Å²) in [5.74, 6) is 0.616. The van der Waals surface area contributed by atoms with Gasteiger partial charge in [-0.05, 0) is 0 Å². The molecule has 0 fully saturated rings. The van der Waals surface area contributed by atoms with Gasteiger partial charge in [0.15, 0.2) is 0 Å². The van der Waals surface area contributed by atoms with Crippen LogP contribution in [-0.4, -0.2) is 3.21 Å². The fraction of sp³-hybridized carbons (Fsp3) is 0.296. The maximum atomic E-state index is 2.62. The second-order valence-electron chi connectivity index (χ2n) is 8.49. The second kappa shape index (κ2) is 10.1. The van der Waals surface area contributed by atoms with Gasteiger partial charge in [-0.3, -0.25) is 0 Å². The van der Waals surface area contributed by atoms with Gasteiger partial charge < -0.3 is 0 Å². The zero-order chi connectivity index (χ0) is 20.0. The van der Waals surface area contributed by atoms with Crippen molar-refractivity contribution in [3.63, 3.8) is 0 Å². The Hall–Kier alpha value is -1.01. The van der Waals surface area contributed by atoms with Gasteiger partial charge in [0, 0.05) is 0 Å². The minimum absolute atomic E-state index is 0. The fourth-order valence-corrected chi connectivity index (χ4v) is 14.0. The molecule has 2 aliphatic rings. The topological polar surface area (TPSA) is 0 Å². The molecule has 0 heterocycles. The largest absolute Gasteiger partial charge is 0.147 e. The molecule has 0 bridgehead atoms. The molecular formula is C27H32Cl2Zr. The third-order valence-electron chi connectivity index (χ3n) is 6.78. The van der Waals surface area contributed by atoms with Crippen molar-refractivity contribution in [2.24, 2.45) is 5.92 Å². The number of allylic oxidation sites excluding steroid dienone is 5. The minimum Gasteiger partial charge on any atom is -0.147 e. The molecule has 3 heteroatoms. The second-order valence-corrected chi connectivity index (χ2v) is 15.8. The summed E-state index contributed by atoms with van der Waals surface area (Å²) in [6.07, 6.45) is 2.62. The van der Waals surface area contributed by atoms with Gasteiger partial charge >= 0.3 is 178 Å². The van der Waals surface area contributed by atoms with E-state index in [9.17, 15) is 0 Å². The number of benzene rings is 2. The van der Waals surface area contributed by atoms with Gasteiger partial charge in [-0.15, -0.1) is 24.8 Å². The van der Waals surface area contributed by atoms with Crippen LogP contribution in [0.5, 0.6) is 0 Å². The first-order chi connectivity index (χ1) is 13.4. The van der Waals surface area contributed by atoms with Gasteiger partial charge in [0.25, 0.3) is 0 Å². The normalized spacial score (nSPS) is 19.7. The number of halogens is 2. The SMILES string of the molecule is CC1=C(C)C(C)[C]([Zr](=[C](C)C)[CH]2C=C(c3ccccc3)c3ccccc32)=C1C.Cl.Cl. The van der Waals surface area contributed by atoms with Crippen LogP contribution in [0.3, 0.4) is 0 Å². The Balaban J connectivity index is 0.00000160. The molecule has 0 saturated heterocycles. The van der Waals surface area contributed by atoms with E-state index in [0.29, 0.717) is 9.54 Å². The first-order valence-electron chi connectivity index (χ1n) is 10.3. The van der Waals surface area contributed by atoms with E-state index < -0.39 is 21.3 Å². The molecule has 0 amide bonds. The third-order valence-corrected chi connectivity index (χ3v) is 15.5. The maximum Gasteiger partial charge on any atom is -0.147 e. The van der Waals surface area contributed by atoms with Gasteiger partial charge in [-0.1, -0.05) is 0 Å². The van der Waals surface area contributed by atoms with E-state index in [2.05, 4.69) is 102 Å². The summed E-state index contributed by atoms with van der Waals surface area (Å²) in [5, 5.41) is 0. The van der Waals surface area contributed by atoms with Crippen molar-refractivity contribution in [3.8, 4) is 0 Å². The van der Waals surface area contributed by atoms with Crippen molar-refractivity contribution in [3.05, 3.63) is 97.4 Å². The Kier molecular flexibility index (Phi) is 8.48. The third kappa shape index (κ3) is 4.19. The number of fused-ring (bicyclic) bond motifs is 1. The summed E-state index contributed by atoms with van der Waals surface area (Å²) in [7, 11) is 0. The van der Waals surface area contributed by atoms with Crippen LogP contribution in [-0.2, 0) is 21.3 Å². The molecule has 4 rings (SSSR count). The molecule has 2 aliphatic carbocycles. The number of hydrogen-bond acceptors (Lipinski definition) is 0. The standard InChI is InChI=1S/C15H11.C9H13.C3H6.2ClH.Zr/c1-2-6-12(7-3-1)15-11-10-13-8-4-5-9-14(13)15;1-6-5-7(2)9(4)8(6)3;1-3-2;;;/h1-11H;6H,1-4H3;1-2H3;2*1H;. The van der Waals surface area contributed by atoms with E-state index in [-0.39, 0.29) is 24.8 Å². The van der Waals surface area contributed by atoms with Gasteiger partial charge in [-0.25, -0.2) is 0 Å². The van der Waals surface area contributed by atoms with Crippen molar-refractivity contribution < 1.29 is 21.3 Å². The van der Waals surface area contributed by atoms with Crippen LogP contribution in [0.4, 0.5) is 0 Å². The molecule has 2 atom stereocenters. The van der Waals surface area contributed by atoms with Gasteiger partial charge in [0.2, 0.25) is 0 Å². The molecule has 0 spiro atoms. The average molecular weight is 519 g/mol. The maximum absolute atomic E-state index is 2.62. The molecule has 0 nitrogen and oxygen atoms in total. The molecule has 2 aromatic carbocycles. The van der Waals surface area contributed by atoms with Crippen LogP contribution in [0.25, 0.3) is 5.57 Å². The van der Waals surface area contributed by atoms with E-state index in [1.807, 2.05) is 3.28 Å². The fourth-order valence-electron chi connectivity index (χ4n) is 5.01. The van der Waals surface area contributed by atoms with E-state index in [0.717, 1.165) is 0 Å². The molecule has 0 aliphatic heterocycles. The summed E-state index contributed by atoms with van der Waals surface area (Å²) in [6, 6.07) is 20.1. The predicted octanol–water partition coefficient (Wildman–Crippen LogP) is 8.11. The van der Waals surface area contributed by atoms with Crippen LogP contribution >= 0.6 is 24.8 Å². The Bertz CT molecular complexity index is 1070. The van der Waals surface area contributed by atoms with Crippen LogP contribution in [0.1, 0.15) is 61.9 Å². The molecule has 2 aromatic rings. The van der Waals surface area contributed by atoms with Crippen LogP contribution in [0, 0.1) is 5.92 Å². The Morgan fingerprint density at radius 2 is 1.40 bits per heavy atom. The van der Waals surface area contributed by atoms with Crippen LogP contribution in [0.2, 0.25) is 0 Å². The molecule has 0 saturated carbocycles. The monoisotopic (exact) mass is 516 g/mol. The van der Waals surface area contributed by atoms with Crippen molar-refractivity contribution in [2.45, 2.75) is 45.2 Å². The van der Waals surface area contributed by atoms with Crippen molar-refractivity contribution in [2.75, 3.05) is 0 Å². The molecule has 158 valence electrons. The molecule has 2 unspecified atom stereocenters. The van der Waals surface area contributed by atoms with Crippen LogP contribution < -0.4 is 0 Å². The Morgan fingerprint density at radius 3 is 1.97 bits per heavy atom. The van der Waals surface area contributed by atoms with E-state index in [4.69, 9.17) is 0 Å². The average Bonchev–Trinajstić information content (AvgIpc) is 3.17. The summed E-state index contributed by atoms with van der Waals surface area (Å²) in [5.41, 5.74) is 10.5.